The van der Waals surface area contributed by atoms with Crippen molar-refractivity contribution in [1.82, 2.24) is 0 Å². The first-order chi connectivity index (χ1) is 8.79. The van der Waals surface area contributed by atoms with E-state index in [4.69, 9.17) is 4.74 Å². The van der Waals surface area contributed by atoms with Gasteiger partial charge >= 0.3 is 0 Å². The van der Waals surface area contributed by atoms with Crippen LogP contribution in [-0.2, 0) is 24.2 Å². The van der Waals surface area contributed by atoms with Crippen LogP contribution in [0.4, 0.5) is 0 Å². The summed E-state index contributed by atoms with van der Waals surface area (Å²) in [6.07, 6.45) is 3.81. The zero-order valence-corrected chi connectivity index (χ0v) is 11.2. The third-order valence-electron chi connectivity index (χ3n) is 4.07. The Balaban J connectivity index is 1.99. The van der Waals surface area contributed by atoms with Gasteiger partial charge in [-0.15, -0.1) is 0 Å². The lowest BCUT2D eigenvalue weighted by Gasteiger charge is -2.13. The van der Waals surface area contributed by atoms with Crippen molar-refractivity contribution in [2.24, 2.45) is 0 Å². The van der Waals surface area contributed by atoms with Crippen molar-refractivity contribution < 1.29 is 4.74 Å². The molecule has 1 aliphatic carbocycles. The molecule has 1 aliphatic rings. The quantitative estimate of drug-likeness (QED) is 0.776. The van der Waals surface area contributed by atoms with E-state index in [9.17, 15) is 0 Å². The summed E-state index contributed by atoms with van der Waals surface area (Å²) >= 11 is 0. The molecule has 0 spiro atoms. The molecule has 0 saturated heterocycles. The molecule has 94 valence electrons. The maximum atomic E-state index is 5.89. The molecule has 0 fully saturated rings. The topological polar surface area (TPSA) is 9.23 Å². The Morgan fingerprint density at radius 2 is 1.89 bits per heavy atom. The summed E-state index contributed by atoms with van der Waals surface area (Å²) in [7, 11) is 0. The predicted molar refractivity (Wildman–Crippen MR) is 75.9 cm³/mol. The monoisotopic (exact) mass is 240 g/mol. The molecule has 1 atom stereocenters. The first-order valence-electron chi connectivity index (χ1n) is 6.93. The van der Waals surface area contributed by atoms with Gasteiger partial charge < -0.3 is 4.74 Å². The Labute approximate surface area is 109 Å². The molecule has 18 heavy (non-hydrogen) atoms. The van der Waals surface area contributed by atoms with E-state index in [1.165, 1.54) is 40.3 Å². The van der Waals surface area contributed by atoms with Crippen LogP contribution in [0.25, 0.3) is 10.8 Å². The molecule has 0 radical (unpaired) electrons. The fourth-order valence-electron chi connectivity index (χ4n) is 2.78. The minimum atomic E-state index is 0.341. The van der Waals surface area contributed by atoms with Crippen molar-refractivity contribution in [2.75, 3.05) is 0 Å². The molecule has 3 rings (SSSR count). The molecule has 1 unspecified atom stereocenters. The van der Waals surface area contributed by atoms with Crippen LogP contribution in [0.1, 0.15) is 37.0 Å². The van der Waals surface area contributed by atoms with Gasteiger partial charge in [-0.2, -0.15) is 0 Å². The normalized spacial score (nSPS) is 15.2. The minimum Gasteiger partial charge on any atom is -0.374 e. The summed E-state index contributed by atoms with van der Waals surface area (Å²) in [4.78, 5) is 0. The number of hydrogen-bond donors (Lipinski definition) is 0. The third-order valence-corrected chi connectivity index (χ3v) is 4.07. The predicted octanol–water partition coefficient (Wildman–Crippen LogP) is 4.25. The fourth-order valence-corrected chi connectivity index (χ4v) is 2.78. The molecule has 0 heterocycles. The van der Waals surface area contributed by atoms with E-state index in [0.717, 1.165) is 13.0 Å². The second-order valence-electron chi connectivity index (χ2n) is 5.25. The molecule has 0 aliphatic heterocycles. The molecule has 0 bridgehead atoms. The third kappa shape index (κ3) is 1.93. The number of hydrogen-bond acceptors (Lipinski definition) is 1. The van der Waals surface area contributed by atoms with Crippen LogP contribution in [0, 0.1) is 0 Å². The van der Waals surface area contributed by atoms with E-state index >= 15 is 0 Å². The highest BCUT2D eigenvalue weighted by molar-refractivity contribution is 5.93. The lowest BCUT2D eigenvalue weighted by molar-refractivity contribution is 0.0515. The van der Waals surface area contributed by atoms with Gasteiger partial charge in [-0.1, -0.05) is 37.3 Å². The van der Waals surface area contributed by atoms with Gasteiger partial charge in [0.25, 0.3) is 0 Å². The van der Waals surface area contributed by atoms with Gasteiger partial charge in [0.05, 0.1) is 12.7 Å². The van der Waals surface area contributed by atoms with Crippen LogP contribution >= 0.6 is 0 Å². The lowest BCUT2D eigenvalue weighted by Crippen LogP contribution is -2.06. The largest absolute Gasteiger partial charge is 0.374 e. The summed E-state index contributed by atoms with van der Waals surface area (Å²) in [5, 5.41) is 2.88. The maximum absolute atomic E-state index is 5.89. The minimum absolute atomic E-state index is 0.341. The van der Waals surface area contributed by atoms with Crippen LogP contribution in [0.3, 0.4) is 0 Å². The van der Waals surface area contributed by atoms with E-state index in [-0.39, 0.29) is 0 Å². The Bertz CT molecular complexity index is 561. The van der Waals surface area contributed by atoms with E-state index in [1.54, 1.807) is 0 Å². The molecule has 1 nitrogen and oxygen atoms in total. The van der Waals surface area contributed by atoms with Gasteiger partial charge in [0.1, 0.15) is 0 Å². The smallest absolute Gasteiger partial charge is 0.0726 e. The second-order valence-corrected chi connectivity index (χ2v) is 5.25. The first-order valence-corrected chi connectivity index (χ1v) is 6.93. The highest BCUT2D eigenvalue weighted by atomic mass is 16.5. The molecule has 1 heteroatoms. The Morgan fingerprint density at radius 3 is 2.67 bits per heavy atom. The summed E-state index contributed by atoms with van der Waals surface area (Å²) in [6, 6.07) is 11.2. The van der Waals surface area contributed by atoms with Crippen LogP contribution < -0.4 is 0 Å². The second kappa shape index (κ2) is 4.74. The Morgan fingerprint density at radius 1 is 1.11 bits per heavy atom. The van der Waals surface area contributed by atoms with Crippen molar-refractivity contribution in [2.45, 2.75) is 45.8 Å². The summed E-state index contributed by atoms with van der Waals surface area (Å²) in [5.74, 6) is 0. The highest BCUT2D eigenvalue weighted by Crippen LogP contribution is 2.33. The zero-order valence-electron chi connectivity index (χ0n) is 11.2. The van der Waals surface area contributed by atoms with Crippen LogP contribution in [0.15, 0.2) is 30.3 Å². The van der Waals surface area contributed by atoms with Gasteiger partial charge in [0, 0.05) is 0 Å². The molecule has 0 N–H and O–H groups in total. The average Bonchev–Trinajstić information content (AvgIpc) is 2.83. The molecule has 2 aromatic carbocycles. The van der Waals surface area contributed by atoms with Gasteiger partial charge in [-0.25, -0.2) is 0 Å². The van der Waals surface area contributed by atoms with Crippen molar-refractivity contribution in [3.05, 3.63) is 47.0 Å². The van der Waals surface area contributed by atoms with E-state index in [0.29, 0.717) is 6.10 Å². The van der Waals surface area contributed by atoms with Gasteiger partial charge in [0.15, 0.2) is 0 Å². The molecule has 0 aromatic heterocycles. The van der Waals surface area contributed by atoms with Gasteiger partial charge in [0.2, 0.25) is 0 Å². The Kier molecular flexibility index (Phi) is 3.09. The van der Waals surface area contributed by atoms with Crippen molar-refractivity contribution in [3.8, 4) is 0 Å². The van der Waals surface area contributed by atoms with Crippen molar-refractivity contribution >= 4 is 10.8 Å². The highest BCUT2D eigenvalue weighted by Gasteiger charge is 2.15. The molecule has 0 saturated carbocycles. The molecular weight excluding hydrogens is 220 g/mol. The summed E-state index contributed by atoms with van der Waals surface area (Å²) in [5.41, 5.74) is 4.35. The van der Waals surface area contributed by atoms with Crippen LogP contribution in [-0.4, -0.2) is 6.10 Å². The number of benzene rings is 2. The van der Waals surface area contributed by atoms with Gasteiger partial charge in [-0.05, 0) is 53.6 Å². The average molecular weight is 240 g/mol. The molecule has 2 aromatic rings. The van der Waals surface area contributed by atoms with Gasteiger partial charge in [-0.3, -0.25) is 0 Å². The molecule has 0 amide bonds. The number of rotatable bonds is 4. The lowest BCUT2D eigenvalue weighted by atomic mass is 10.0. The zero-order chi connectivity index (χ0) is 12.5. The van der Waals surface area contributed by atoms with Crippen molar-refractivity contribution in [1.29, 1.82) is 0 Å². The summed E-state index contributed by atoms with van der Waals surface area (Å²) < 4.78 is 5.89. The number of aryl methyl sites for hydroxylation is 2. The fraction of sp³-hybridized carbons (Fsp3) is 0.412. The van der Waals surface area contributed by atoms with Crippen molar-refractivity contribution in [3.63, 3.8) is 0 Å². The number of ether oxygens (including phenoxy) is 1. The van der Waals surface area contributed by atoms with E-state index < -0.39 is 0 Å². The van der Waals surface area contributed by atoms with E-state index in [2.05, 4.69) is 44.2 Å². The first kappa shape index (κ1) is 11.7. The molecular formula is C17H20O. The van der Waals surface area contributed by atoms with Crippen LogP contribution in [0.2, 0.25) is 0 Å². The standard InChI is InChI=1S/C17H20O/c1-3-12(2)18-11-15-10-9-14-8-7-13-5-4-6-16(15)17(13)14/h4-6,9-10,12H,3,7-8,11H2,1-2H3. The van der Waals surface area contributed by atoms with Crippen LogP contribution in [0.5, 0.6) is 0 Å². The maximum Gasteiger partial charge on any atom is 0.0726 e. The Hall–Kier alpha value is -1.34. The SMILES string of the molecule is CCC(C)OCc1ccc2c3c(cccc13)CC2. The van der Waals surface area contributed by atoms with E-state index in [1.807, 2.05) is 0 Å². The summed E-state index contributed by atoms with van der Waals surface area (Å²) in [6.45, 7) is 5.04.